The maximum absolute atomic E-state index is 5.44. The smallest absolute Gasteiger partial charge is 0.225 e. The number of methoxy groups -OCH3 is 1. The van der Waals surface area contributed by atoms with Crippen LogP contribution in [0.3, 0.4) is 0 Å². The van der Waals surface area contributed by atoms with Gasteiger partial charge in [-0.15, -0.1) is 0 Å². The van der Waals surface area contributed by atoms with Crippen molar-refractivity contribution in [2.45, 2.75) is 12.5 Å². The van der Waals surface area contributed by atoms with E-state index in [0.29, 0.717) is 6.04 Å². The highest BCUT2D eigenvalue weighted by Gasteiger charge is 2.25. The van der Waals surface area contributed by atoms with E-state index in [1.165, 1.54) is 0 Å². The molecule has 1 aliphatic rings. The summed E-state index contributed by atoms with van der Waals surface area (Å²) in [6, 6.07) is 10.1. The Morgan fingerprint density at radius 1 is 1.14 bits per heavy atom. The van der Waals surface area contributed by atoms with Gasteiger partial charge in [-0.1, -0.05) is 12.1 Å². The fourth-order valence-electron chi connectivity index (χ4n) is 3.72. The molecule has 1 aromatic carbocycles. The van der Waals surface area contributed by atoms with Crippen molar-refractivity contribution in [2.24, 2.45) is 0 Å². The summed E-state index contributed by atoms with van der Waals surface area (Å²) in [5.74, 6) is 1.52. The summed E-state index contributed by atoms with van der Waals surface area (Å²) in [5.41, 5.74) is 2.67. The third-order valence-electron chi connectivity index (χ3n) is 5.25. The molecule has 0 amide bonds. The lowest BCUT2D eigenvalue weighted by Crippen LogP contribution is -2.22. The monoisotopic (exact) mass is 387 g/mol. The molecule has 8 nitrogen and oxygen atoms in total. The minimum absolute atomic E-state index is 0.401. The molecular weight excluding hydrogens is 366 g/mol. The van der Waals surface area contributed by atoms with E-state index in [2.05, 4.69) is 24.5 Å². The number of benzene rings is 1. The van der Waals surface area contributed by atoms with Crippen molar-refractivity contribution in [3.63, 3.8) is 0 Å². The number of ether oxygens (including phenoxy) is 1. The first kappa shape index (κ1) is 17.4. The average Bonchev–Trinajstić information content (AvgIpc) is 3.55. The van der Waals surface area contributed by atoms with E-state index in [0.717, 1.165) is 48.2 Å². The van der Waals surface area contributed by atoms with Crippen molar-refractivity contribution in [3.05, 3.63) is 67.6 Å². The second kappa shape index (κ2) is 7.38. The van der Waals surface area contributed by atoms with Crippen LogP contribution in [0.4, 0.5) is 5.95 Å². The topological polar surface area (TPSA) is 73.9 Å². The number of para-hydroxylation sites is 2. The highest BCUT2D eigenvalue weighted by Crippen LogP contribution is 2.27. The highest BCUT2D eigenvalue weighted by molar-refractivity contribution is 5.60. The Morgan fingerprint density at radius 2 is 2.07 bits per heavy atom. The fraction of sp³-hybridized carbons (Fsp3) is 0.238. The van der Waals surface area contributed by atoms with Gasteiger partial charge >= 0.3 is 0 Å². The van der Waals surface area contributed by atoms with Gasteiger partial charge in [-0.2, -0.15) is 5.10 Å². The molecule has 0 N–H and O–H groups in total. The van der Waals surface area contributed by atoms with Crippen LogP contribution in [-0.2, 0) is 0 Å². The summed E-state index contributed by atoms with van der Waals surface area (Å²) in [7, 11) is 1.66. The van der Waals surface area contributed by atoms with Crippen molar-refractivity contribution >= 4 is 5.95 Å². The van der Waals surface area contributed by atoms with E-state index in [1.54, 1.807) is 11.8 Å². The standard InChI is InChI=1S/C21H21N7O/c1-29-20-5-3-2-4-19(20)28-13-16(12-24-28)18-6-8-23-21(25-18)26-10-7-17(14-26)27-11-9-22-15-27/h2-6,8-9,11-13,15,17H,7,10,14H2,1H3. The molecule has 1 aliphatic heterocycles. The van der Waals surface area contributed by atoms with Crippen LogP contribution < -0.4 is 9.64 Å². The predicted octanol–water partition coefficient (Wildman–Crippen LogP) is 2.99. The van der Waals surface area contributed by atoms with Crippen LogP contribution in [0.15, 0.2) is 67.6 Å². The summed E-state index contributed by atoms with van der Waals surface area (Å²) in [6.07, 6.45) is 12.3. The van der Waals surface area contributed by atoms with Gasteiger partial charge in [0.2, 0.25) is 5.95 Å². The molecule has 8 heteroatoms. The molecule has 0 saturated carbocycles. The van der Waals surface area contributed by atoms with Crippen molar-refractivity contribution < 1.29 is 4.74 Å². The second-order valence-corrected chi connectivity index (χ2v) is 6.99. The zero-order valence-electron chi connectivity index (χ0n) is 16.1. The van der Waals surface area contributed by atoms with Gasteiger partial charge in [0.25, 0.3) is 0 Å². The lowest BCUT2D eigenvalue weighted by atomic mass is 10.2. The second-order valence-electron chi connectivity index (χ2n) is 6.99. The molecule has 3 aromatic heterocycles. The van der Waals surface area contributed by atoms with Crippen LogP contribution in [0.1, 0.15) is 12.5 Å². The first-order valence-corrected chi connectivity index (χ1v) is 9.55. The van der Waals surface area contributed by atoms with Crippen LogP contribution in [0.25, 0.3) is 16.9 Å². The maximum atomic E-state index is 5.44. The summed E-state index contributed by atoms with van der Waals surface area (Å²) < 4.78 is 9.40. The summed E-state index contributed by atoms with van der Waals surface area (Å²) in [4.78, 5) is 15.7. The third-order valence-corrected chi connectivity index (χ3v) is 5.25. The van der Waals surface area contributed by atoms with E-state index in [9.17, 15) is 0 Å². The molecule has 1 saturated heterocycles. The summed E-state index contributed by atoms with van der Waals surface area (Å²) in [5, 5.41) is 4.50. The van der Waals surface area contributed by atoms with Gasteiger partial charge in [0.15, 0.2) is 0 Å². The van der Waals surface area contributed by atoms with Gasteiger partial charge < -0.3 is 14.2 Å². The normalized spacial score (nSPS) is 16.3. The predicted molar refractivity (Wildman–Crippen MR) is 109 cm³/mol. The summed E-state index contributed by atoms with van der Waals surface area (Å²) >= 11 is 0. The van der Waals surface area contributed by atoms with E-state index in [1.807, 2.05) is 67.6 Å². The zero-order valence-corrected chi connectivity index (χ0v) is 16.1. The van der Waals surface area contributed by atoms with E-state index < -0.39 is 0 Å². The van der Waals surface area contributed by atoms with Gasteiger partial charge in [0, 0.05) is 43.4 Å². The average molecular weight is 387 g/mol. The lowest BCUT2D eigenvalue weighted by molar-refractivity contribution is 0.411. The van der Waals surface area contributed by atoms with Gasteiger partial charge in [-0.25, -0.2) is 19.6 Å². The highest BCUT2D eigenvalue weighted by atomic mass is 16.5. The molecule has 4 heterocycles. The third kappa shape index (κ3) is 3.33. The van der Waals surface area contributed by atoms with E-state index in [-0.39, 0.29) is 0 Å². The number of anilines is 1. The Kier molecular flexibility index (Phi) is 4.44. The van der Waals surface area contributed by atoms with Crippen molar-refractivity contribution in [1.82, 2.24) is 29.3 Å². The fourth-order valence-corrected chi connectivity index (χ4v) is 3.72. The number of hydrogen-bond donors (Lipinski definition) is 0. The SMILES string of the molecule is COc1ccccc1-n1cc(-c2ccnc(N3CCC(n4ccnc4)C3)n2)cn1. The molecule has 4 aromatic rings. The summed E-state index contributed by atoms with van der Waals surface area (Å²) in [6.45, 7) is 1.80. The number of rotatable bonds is 5. The Bertz CT molecular complexity index is 1110. The van der Waals surface area contributed by atoms with Crippen molar-refractivity contribution in [2.75, 3.05) is 25.1 Å². The molecule has 146 valence electrons. The molecule has 5 rings (SSSR count). The van der Waals surface area contributed by atoms with Crippen LogP contribution in [0.2, 0.25) is 0 Å². The van der Waals surface area contributed by atoms with Crippen LogP contribution >= 0.6 is 0 Å². The quantitative estimate of drug-likeness (QED) is 0.524. The molecule has 1 unspecified atom stereocenters. The van der Waals surface area contributed by atoms with Gasteiger partial charge in [0.1, 0.15) is 11.4 Å². The Morgan fingerprint density at radius 3 is 2.93 bits per heavy atom. The molecular formula is C21H21N7O. The number of nitrogens with zero attached hydrogens (tertiary/aromatic N) is 7. The first-order valence-electron chi connectivity index (χ1n) is 9.55. The van der Waals surface area contributed by atoms with Crippen LogP contribution in [0, 0.1) is 0 Å². The molecule has 0 spiro atoms. The minimum atomic E-state index is 0.401. The molecule has 0 bridgehead atoms. The Hall–Kier alpha value is -3.68. The Labute approximate surface area is 168 Å². The largest absolute Gasteiger partial charge is 0.494 e. The van der Waals surface area contributed by atoms with Gasteiger partial charge in [-0.3, -0.25) is 0 Å². The van der Waals surface area contributed by atoms with Crippen LogP contribution in [-0.4, -0.2) is 49.5 Å². The number of imidazole rings is 1. The zero-order chi connectivity index (χ0) is 19.6. The van der Waals surface area contributed by atoms with E-state index in [4.69, 9.17) is 9.72 Å². The van der Waals surface area contributed by atoms with E-state index >= 15 is 0 Å². The molecule has 29 heavy (non-hydrogen) atoms. The van der Waals surface area contributed by atoms with Crippen molar-refractivity contribution in [3.8, 4) is 22.7 Å². The Balaban J connectivity index is 1.39. The van der Waals surface area contributed by atoms with Crippen molar-refractivity contribution in [1.29, 1.82) is 0 Å². The molecule has 0 radical (unpaired) electrons. The maximum Gasteiger partial charge on any atom is 0.225 e. The van der Waals surface area contributed by atoms with Crippen LogP contribution in [0.5, 0.6) is 5.75 Å². The molecule has 1 fully saturated rings. The number of hydrogen-bond acceptors (Lipinski definition) is 6. The van der Waals surface area contributed by atoms with Gasteiger partial charge in [-0.05, 0) is 24.6 Å². The first-order chi connectivity index (χ1) is 14.3. The number of aromatic nitrogens is 6. The minimum Gasteiger partial charge on any atom is -0.494 e. The lowest BCUT2D eigenvalue weighted by Gasteiger charge is -2.17. The van der Waals surface area contributed by atoms with Gasteiger partial charge in [0.05, 0.1) is 31.4 Å². The molecule has 1 atom stereocenters. The molecule has 0 aliphatic carbocycles.